The monoisotopic (exact) mass is 207 g/mol. The average Bonchev–Trinajstić information content (AvgIpc) is 1.97. The van der Waals surface area contributed by atoms with Crippen LogP contribution in [-0.4, -0.2) is 45.0 Å². The van der Waals surface area contributed by atoms with E-state index in [1.807, 2.05) is 0 Å². The largest absolute Gasteiger partial charge is 0.393 e. The van der Waals surface area contributed by atoms with E-state index in [0.717, 1.165) is 0 Å². The fourth-order valence-corrected chi connectivity index (χ4v) is 1.92. The van der Waals surface area contributed by atoms with Crippen molar-refractivity contribution in [3.05, 3.63) is 0 Å². The molecule has 0 aliphatic carbocycles. The normalized spacial score (nSPS) is 24.9. The topological polar surface area (TPSA) is 107 Å². The van der Waals surface area contributed by atoms with Gasteiger partial charge in [-0.1, -0.05) is 0 Å². The van der Waals surface area contributed by atoms with Crippen molar-refractivity contribution in [1.29, 1.82) is 0 Å². The summed E-state index contributed by atoms with van der Waals surface area (Å²) in [4.78, 5) is 0. The lowest BCUT2D eigenvalue weighted by Gasteiger charge is -2.42. The molecule has 0 bridgehead atoms. The van der Waals surface area contributed by atoms with Crippen LogP contribution in [0.4, 0.5) is 0 Å². The number of aliphatic hydroxyl groups excluding tert-OH is 4. The highest BCUT2D eigenvalue weighted by Crippen LogP contribution is 2.35. The van der Waals surface area contributed by atoms with Crippen LogP contribution in [-0.2, 0) is 0 Å². The molecule has 0 spiro atoms. The summed E-state index contributed by atoms with van der Waals surface area (Å²) in [5.74, 6) is 0. The van der Waals surface area contributed by atoms with Crippen LogP contribution in [0.15, 0.2) is 0 Å². The third-order valence-corrected chi connectivity index (χ3v) is 2.90. The van der Waals surface area contributed by atoms with Crippen LogP contribution < -0.4 is 5.73 Å². The fraction of sp³-hybridized carbons (Fsp3) is 1.00. The first kappa shape index (κ1) is 13.8. The van der Waals surface area contributed by atoms with Gasteiger partial charge in [-0.05, 0) is 27.2 Å². The van der Waals surface area contributed by atoms with Gasteiger partial charge in [0.2, 0.25) is 0 Å². The minimum Gasteiger partial charge on any atom is -0.393 e. The van der Waals surface area contributed by atoms with Crippen LogP contribution in [0.3, 0.4) is 0 Å². The van der Waals surface area contributed by atoms with Gasteiger partial charge in [-0.15, -0.1) is 0 Å². The van der Waals surface area contributed by atoms with Crippen molar-refractivity contribution in [3.8, 4) is 0 Å². The molecule has 5 nitrogen and oxygen atoms in total. The van der Waals surface area contributed by atoms with E-state index >= 15 is 0 Å². The Hall–Kier alpha value is -0.200. The Kier molecular flexibility index (Phi) is 4.97. The zero-order chi connectivity index (χ0) is 11.5. The van der Waals surface area contributed by atoms with E-state index in [1.54, 1.807) is 0 Å². The van der Waals surface area contributed by atoms with Crippen molar-refractivity contribution in [1.82, 2.24) is 0 Å². The van der Waals surface area contributed by atoms with Crippen molar-refractivity contribution >= 4 is 0 Å². The number of hydrogen-bond acceptors (Lipinski definition) is 5. The third kappa shape index (κ3) is 2.65. The van der Waals surface area contributed by atoms with Crippen LogP contribution in [0.1, 0.15) is 27.2 Å². The van der Waals surface area contributed by atoms with Gasteiger partial charge in [0.25, 0.3) is 0 Å². The Balaban J connectivity index is 4.95. The predicted molar refractivity (Wildman–Crippen MR) is 52.3 cm³/mol. The molecule has 5 heteroatoms. The lowest BCUT2D eigenvalue weighted by atomic mass is 9.70. The van der Waals surface area contributed by atoms with Gasteiger partial charge in [-0.3, -0.25) is 0 Å². The molecule has 0 aliphatic rings. The predicted octanol–water partition coefficient (Wildman–Crippen LogP) is -1.22. The third-order valence-electron chi connectivity index (χ3n) is 2.90. The molecule has 0 aromatic heterocycles. The first-order valence-corrected chi connectivity index (χ1v) is 4.73. The molecule has 86 valence electrons. The maximum Gasteiger partial charge on any atom is 0.103 e. The van der Waals surface area contributed by atoms with Crippen molar-refractivity contribution in [2.24, 2.45) is 11.1 Å². The highest BCUT2D eigenvalue weighted by molar-refractivity contribution is 4.94. The molecule has 0 aromatic carbocycles. The molecule has 4 atom stereocenters. The van der Waals surface area contributed by atoms with Crippen molar-refractivity contribution in [2.45, 2.75) is 51.7 Å². The first-order valence-electron chi connectivity index (χ1n) is 4.73. The van der Waals surface area contributed by atoms with Crippen molar-refractivity contribution < 1.29 is 20.4 Å². The van der Waals surface area contributed by atoms with Gasteiger partial charge >= 0.3 is 0 Å². The molecule has 0 amide bonds. The van der Waals surface area contributed by atoms with Gasteiger partial charge in [0, 0.05) is 0 Å². The minimum absolute atomic E-state index is 0.0556. The Bertz CT molecular complexity index is 146. The molecular formula is C9H21NO4. The maximum absolute atomic E-state index is 9.57. The molecule has 0 saturated heterocycles. The average molecular weight is 207 g/mol. The number of rotatable bonds is 5. The fourth-order valence-electron chi connectivity index (χ4n) is 1.92. The van der Waals surface area contributed by atoms with E-state index in [2.05, 4.69) is 0 Å². The lowest BCUT2D eigenvalue weighted by molar-refractivity contribution is -0.140. The SMILES string of the molecule is CC(O)C(CC(N)O)(C(C)O)C(C)O. The molecule has 0 heterocycles. The molecule has 0 radical (unpaired) electrons. The molecular weight excluding hydrogens is 186 g/mol. The summed E-state index contributed by atoms with van der Waals surface area (Å²) in [7, 11) is 0. The maximum atomic E-state index is 9.57. The second kappa shape index (κ2) is 5.04. The Morgan fingerprint density at radius 2 is 1.21 bits per heavy atom. The molecule has 14 heavy (non-hydrogen) atoms. The Morgan fingerprint density at radius 3 is 1.29 bits per heavy atom. The van der Waals surface area contributed by atoms with Crippen molar-refractivity contribution in [2.75, 3.05) is 0 Å². The number of nitrogens with two attached hydrogens (primary N) is 1. The van der Waals surface area contributed by atoms with Crippen LogP contribution >= 0.6 is 0 Å². The molecule has 6 N–H and O–H groups in total. The smallest absolute Gasteiger partial charge is 0.103 e. The Morgan fingerprint density at radius 1 is 0.929 bits per heavy atom. The summed E-state index contributed by atoms with van der Waals surface area (Å²) >= 11 is 0. The highest BCUT2D eigenvalue weighted by atomic mass is 16.3. The van der Waals surface area contributed by atoms with E-state index < -0.39 is 30.0 Å². The quantitative estimate of drug-likeness (QED) is 0.363. The van der Waals surface area contributed by atoms with E-state index in [9.17, 15) is 15.3 Å². The van der Waals surface area contributed by atoms with Crippen LogP contribution in [0.2, 0.25) is 0 Å². The zero-order valence-electron chi connectivity index (χ0n) is 8.88. The van der Waals surface area contributed by atoms with E-state index in [1.165, 1.54) is 20.8 Å². The van der Waals surface area contributed by atoms with Crippen LogP contribution in [0.5, 0.6) is 0 Å². The first-order chi connectivity index (χ1) is 6.25. The molecule has 0 fully saturated rings. The molecule has 0 rings (SSSR count). The van der Waals surface area contributed by atoms with Gasteiger partial charge in [0.05, 0.1) is 23.7 Å². The summed E-state index contributed by atoms with van der Waals surface area (Å²) < 4.78 is 0. The minimum atomic E-state index is -1.19. The highest BCUT2D eigenvalue weighted by Gasteiger charge is 2.45. The van der Waals surface area contributed by atoms with Gasteiger partial charge in [-0.25, -0.2) is 0 Å². The van der Waals surface area contributed by atoms with Gasteiger partial charge < -0.3 is 26.2 Å². The lowest BCUT2D eigenvalue weighted by Crippen LogP contribution is -2.53. The molecule has 0 aromatic rings. The summed E-state index contributed by atoms with van der Waals surface area (Å²) in [5, 5.41) is 37.8. The van der Waals surface area contributed by atoms with E-state index in [4.69, 9.17) is 10.8 Å². The number of hydrogen-bond donors (Lipinski definition) is 5. The number of aliphatic hydroxyl groups is 4. The van der Waals surface area contributed by atoms with Gasteiger partial charge in [-0.2, -0.15) is 0 Å². The van der Waals surface area contributed by atoms with Crippen LogP contribution in [0, 0.1) is 5.41 Å². The Labute approximate surface area is 84.2 Å². The van der Waals surface area contributed by atoms with Gasteiger partial charge in [0.1, 0.15) is 6.23 Å². The van der Waals surface area contributed by atoms with Crippen molar-refractivity contribution in [3.63, 3.8) is 0 Å². The van der Waals surface area contributed by atoms with E-state index in [0.29, 0.717) is 0 Å². The second-order valence-electron chi connectivity index (χ2n) is 3.91. The second-order valence-corrected chi connectivity index (χ2v) is 3.91. The molecule has 0 saturated carbocycles. The van der Waals surface area contributed by atoms with E-state index in [-0.39, 0.29) is 6.42 Å². The van der Waals surface area contributed by atoms with Gasteiger partial charge in [0.15, 0.2) is 0 Å². The summed E-state index contributed by atoms with van der Waals surface area (Å²) in [6.07, 6.45) is -4.10. The zero-order valence-corrected chi connectivity index (χ0v) is 8.88. The molecule has 0 aliphatic heterocycles. The standard InChI is InChI=1S/C9H21NO4/c1-5(11)9(6(2)12,7(3)13)4-8(10)14/h5-8,11-14H,4,10H2,1-3H3. The summed E-state index contributed by atoms with van der Waals surface area (Å²) in [6, 6.07) is 0. The summed E-state index contributed by atoms with van der Waals surface area (Å²) in [5.41, 5.74) is 4.03. The molecule has 4 unspecified atom stereocenters. The van der Waals surface area contributed by atoms with Crippen LogP contribution in [0.25, 0.3) is 0 Å². The summed E-state index contributed by atoms with van der Waals surface area (Å²) in [6.45, 7) is 4.38.